The van der Waals surface area contributed by atoms with Gasteiger partial charge in [-0.1, -0.05) is 42.5 Å². The van der Waals surface area contributed by atoms with Crippen LogP contribution in [0, 0.1) is 6.92 Å². The molecule has 3 nitrogen and oxygen atoms in total. The molecule has 19 heavy (non-hydrogen) atoms. The number of carboxylic acids is 1. The second-order valence-corrected chi connectivity index (χ2v) is 4.59. The van der Waals surface area contributed by atoms with Crippen molar-refractivity contribution < 1.29 is 15.0 Å². The largest absolute Gasteiger partial charge is 0.478 e. The van der Waals surface area contributed by atoms with Gasteiger partial charge in [0.1, 0.15) is 0 Å². The Labute approximate surface area is 112 Å². The van der Waals surface area contributed by atoms with Crippen molar-refractivity contribution in [3.63, 3.8) is 0 Å². The van der Waals surface area contributed by atoms with Crippen LogP contribution in [-0.2, 0) is 6.42 Å². The van der Waals surface area contributed by atoms with Crippen LogP contribution in [0.4, 0.5) is 0 Å². The van der Waals surface area contributed by atoms with Gasteiger partial charge in [0.25, 0.3) is 0 Å². The fourth-order valence-electron chi connectivity index (χ4n) is 2.09. The minimum absolute atomic E-state index is 0.274. The van der Waals surface area contributed by atoms with Crippen LogP contribution in [0.1, 0.15) is 33.2 Å². The number of aryl methyl sites for hydroxylation is 1. The highest BCUT2D eigenvalue weighted by Crippen LogP contribution is 2.21. The molecule has 0 aliphatic rings. The molecule has 98 valence electrons. The van der Waals surface area contributed by atoms with Gasteiger partial charge in [-0.2, -0.15) is 0 Å². The number of hydrogen-bond acceptors (Lipinski definition) is 2. The van der Waals surface area contributed by atoms with Crippen LogP contribution in [0.15, 0.2) is 48.5 Å². The predicted molar refractivity (Wildman–Crippen MR) is 73.2 cm³/mol. The van der Waals surface area contributed by atoms with Crippen molar-refractivity contribution in [2.45, 2.75) is 19.4 Å². The molecule has 1 unspecified atom stereocenters. The number of aliphatic hydroxyl groups is 1. The van der Waals surface area contributed by atoms with E-state index in [0.29, 0.717) is 12.0 Å². The topological polar surface area (TPSA) is 57.5 Å². The highest BCUT2D eigenvalue weighted by atomic mass is 16.4. The smallest absolute Gasteiger partial charge is 0.335 e. The number of hydrogen-bond donors (Lipinski definition) is 2. The summed E-state index contributed by atoms with van der Waals surface area (Å²) in [5.41, 5.74) is 2.73. The lowest BCUT2D eigenvalue weighted by molar-refractivity contribution is 0.0696. The summed E-state index contributed by atoms with van der Waals surface area (Å²) in [7, 11) is 0. The van der Waals surface area contributed by atoms with Gasteiger partial charge in [0, 0.05) is 6.42 Å². The van der Waals surface area contributed by atoms with E-state index in [9.17, 15) is 9.90 Å². The first-order valence-electron chi connectivity index (χ1n) is 6.14. The standard InChI is InChI=1S/C16H16O3/c1-11-9-13(7-8-14(11)16(18)19)15(17)10-12-5-3-2-4-6-12/h2-9,15,17H,10H2,1H3,(H,18,19). The van der Waals surface area contributed by atoms with Gasteiger partial charge >= 0.3 is 5.97 Å². The van der Waals surface area contributed by atoms with Gasteiger partial charge < -0.3 is 10.2 Å². The van der Waals surface area contributed by atoms with Crippen molar-refractivity contribution >= 4 is 5.97 Å². The molecule has 0 bridgehead atoms. The minimum Gasteiger partial charge on any atom is -0.478 e. The van der Waals surface area contributed by atoms with Crippen molar-refractivity contribution in [2.24, 2.45) is 0 Å². The molecule has 0 amide bonds. The summed E-state index contributed by atoms with van der Waals surface area (Å²) in [6, 6.07) is 14.7. The van der Waals surface area contributed by atoms with Crippen LogP contribution in [-0.4, -0.2) is 16.2 Å². The zero-order valence-electron chi connectivity index (χ0n) is 10.7. The lowest BCUT2D eigenvalue weighted by atomic mass is 9.98. The quantitative estimate of drug-likeness (QED) is 0.884. The third-order valence-corrected chi connectivity index (χ3v) is 3.14. The van der Waals surface area contributed by atoms with E-state index in [4.69, 9.17) is 5.11 Å². The number of aliphatic hydroxyl groups excluding tert-OH is 1. The normalized spacial score (nSPS) is 12.1. The summed E-state index contributed by atoms with van der Waals surface area (Å²) in [5, 5.41) is 19.1. The number of aromatic carboxylic acids is 1. The van der Waals surface area contributed by atoms with Crippen LogP contribution in [0.25, 0.3) is 0 Å². The van der Waals surface area contributed by atoms with E-state index in [1.807, 2.05) is 30.3 Å². The summed E-state index contributed by atoms with van der Waals surface area (Å²) in [6.07, 6.45) is -0.101. The second kappa shape index (κ2) is 5.67. The Balaban J connectivity index is 2.18. The summed E-state index contributed by atoms with van der Waals surface area (Å²) in [4.78, 5) is 10.9. The van der Waals surface area contributed by atoms with Gasteiger partial charge in [0.2, 0.25) is 0 Å². The van der Waals surface area contributed by atoms with Gasteiger partial charge in [-0.15, -0.1) is 0 Å². The van der Waals surface area contributed by atoms with Crippen molar-refractivity contribution in [3.05, 3.63) is 70.8 Å². The average Bonchev–Trinajstić information content (AvgIpc) is 2.39. The second-order valence-electron chi connectivity index (χ2n) is 4.59. The Morgan fingerprint density at radius 3 is 2.42 bits per heavy atom. The van der Waals surface area contributed by atoms with Gasteiger partial charge in [0.05, 0.1) is 11.7 Å². The maximum atomic E-state index is 10.9. The summed E-state index contributed by atoms with van der Waals surface area (Å²) in [5.74, 6) is -0.943. The van der Waals surface area contributed by atoms with Crippen molar-refractivity contribution in [1.29, 1.82) is 0 Å². The van der Waals surface area contributed by atoms with E-state index >= 15 is 0 Å². The number of rotatable bonds is 4. The fourth-order valence-corrected chi connectivity index (χ4v) is 2.09. The molecule has 1 atom stereocenters. The molecule has 2 aromatic rings. The molecular weight excluding hydrogens is 240 g/mol. The van der Waals surface area contributed by atoms with Crippen LogP contribution >= 0.6 is 0 Å². The summed E-state index contributed by atoms with van der Waals surface area (Å²) in [6.45, 7) is 1.74. The Kier molecular flexibility index (Phi) is 3.97. The van der Waals surface area contributed by atoms with Crippen LogP contribution in [0.3, 0.4) is 0 Å². The number of carbonyl (C=O) groups is 1. The molecule has 0 aliphatic heterocycles. The number of benzene rings is 2. The van der Waals surface area contributed by atoms with Gasteiger partial charge in [-0.25, -0.2) is 4.79 Å². The molecule has 0 aromatic heterocycles. The third-order valence-electron chi connectivity index (χ3n) is 3.14. The van der Waals surface area contributed by atoms with E-state index in [0.717, 1.165) is 11.1 Å². The lowest BCUT2D eigenvalue weighted by Crippen LogP contribution is -2.05. The molecule has 0 heterocycles. The molecule has 2 rings (SSSR count). The summed E-state index contributed by atoms with van der Waals surface area (Å²) < 4.78 is 0. The monoisotopic (exact) mass is 256 g/mol. The van der Waals surface area contributed by atoms with Gasteiger partial charge in [-0.3, -0.25) is 0 Å². The molecule has 0 saturated heterocycles. The molecule has 0 saturated carbocycles. The first kappa shape index (κ1) is 13.3. The minimum atomic E-state index is -0.943. The maximum absolute atomic E-state index is 10.9. The lowest BCUT2D eigenvalue weighted by Gasteiger charge is -2.12. The summed E-state index contributed by atoms with van der Waals surface area (Å²) >= 11 is 0. The Bertz CT molecular complexity index is 576. The predicted octanol–water partition coefficient (Wildman–Crippen LogP) is 2.97. The number of carboxylic acid groups (broad SMARTS) is 1. The van der Waals surface area contributed by atoms with E-state index < -0.39 is 12.1 Å². The Morgan fingerprint density at radius 1 is 1.16 bits per heavy atom. The van der Waals surface area contributed by atoms with Crippen molar-refractivity contribution in [2.75, 3.05) is 0 Å². The maximum Gasteiger partial charge on any atom is 0.335 e. The van der Waals surface area contributed by atoms with Gasteiger partial charge in [-0.05, 0) is 29.7 Å². The van der Waals surface area contributed by atoms with Crippen LogP contribution in [0.5, 0.6) is 0 Å². The molecule has 0 fully saturated rings. The van der Waals surface area contributed by atoms with Crippen LogP contribution < -0.4 is 0 Å². The van der Waals surface area contributed by atoms with E-state index in [-0.39, 0.29) is 5.56 Å². The Hall–Kier alpha value is -2.13. The first-order valence-corrected chi connectivity index (χ1v) is 6.14. The molecule has 3 heteroatoms. The fraction of sp³-hybridized carbons (Fsp3) is 0.188. The zero-order valence-corrected chi connectivity index (χ0v) is 10.7. The average molecular weight is 256 g/mol. The zero-order chi connectivity index (χ0) is 13.8. The van der Waals surface area contributed by atoms with E-state index in [1.54, 1.807) is 25.1 Å². The van der Waals surface area contributed by atoms with E-state index in [1.165, 1.54) is 0 Å². The highest BCUT2D eigenvalue weighted by molar-refractivity contribution is 5.89. The molecule has 0 aliphatic carbocycles. The Morgan fingerprint density at radius 2 is 1.84 bits per heavy atom. The van der Waals surface area contributed by atoms with Crippen molar-refractivity contribution in [3.8, 4) is 0 Å². The highest BCUT2D eigenvalue weighted by Gasteiger charge is 2.12. The molecule has 2 N–H and O–H groups in total. The molecular formula is C16H16O3. The third kappa shape index (κ3) is 3.20. The molecule has 2 aromatic carbocycles. The first-order chi connectivity index (χ1) is 9.08. The van der Waals surface area contributed by atoms with Crippen LogP contribution in [0.2, 0.25) is 0 Å². The molecule has 0 radical (unpaired) electrons. The van der Waals surface area contributed by atoms with Crippen molar-refractivity contribution in [1.82, 2.24) is 0 Å². The molecule has 0 spiro atoms. The SMILES string of the molecule is Cc1cc(C(O)Cc2ccccc2)ccc1C(=O)O. The van der Waals surface area contributed by atoms with E-state index in [2.05, 4.69) is 0 Å². The van der Waals surface area contributed by atoms with Gasteiger partial charge in [0.15, 0.2) is 0 Å².